The molecule has 110 valence electrons. The zero-order chi connectivity index (χ0) is 15.2. The molecule has 2 rings (SSSR count). The first-order valence-corrected chi connectivity index (χ1v) is 7.63. The minimum atomic E-state index is 0.678. The van der Waals surface area contributed by atoms with Crippen molar-refractivity contribution >= 4 is 23.0 Å². The standard InChI is InChI=1S/C18H22N2S/c1-13-11-15(3)17(12-14(13)2)20-18(21)19-10-9-16-7-5-4-6-8-16/h4-8,11-12H,9-10H2,1-3H3,(H2,19,20,21). The van der Waals surface area contributed by atoms with E-state index in [4.69, 9.17) is 12.2 Å². The van der Waals surface area contributed by atoms with E-state index in [1.54, 1.807) is 0 Å². The first-order chi connectivity index (χ1) is 10.1. The quantitative estimate of drug-likeness (QED) is 0.830. The molecular weight excluding hydrogens is 276 g/mol. The lowest BCUT2D eigenvalue weighted by Gasteiger charge is -2.14. The Hall–Kier alpha value is -1.87. The third-order valence-electron chi connectivity index (χ3n) is 3.63. The van der Waals surface area contributed by atoms with Crippen molar-refractivity contribution in [2.45, 2.75) is 27.2 Å². The van der Waals surface area contributed by atoms with E-state index >= 15 is 0 Å². The lowest BCUT2D eigenvalue weighted by Crippen LogP contribution is -2.30. The molecule has 2 aromatic rings. The molecule has 0 aliphatic rings. The summed E-state index contributed by atoms with van der Waals surface area (Å²) in [5.41, 5.74) is 6.19. The number of rotatable bonds is 4. The van der Waals surface area contributed by atoms with Crippen molar-refractivity contribution in [3.05, 3.63) is 64.7 Å². The second-order valence-electron chi connectivity index (χ2n) is 5.37. The van der Waals surface area contributed by atoms with Gasteiger partial charge in [-0.15, -0.1) is 0 Å². The van der Waals surface area contributed by atoms with Gasteiger partial charge in [0.05, 0.1) is 0 Å². The summed E-state index contributed by atoms with van der Waals surface area (Å²) < 4.78 is 0. The summed E-state index contributed by atoms with van der Waals surface area (Å²) >= 11 is 5.36. The summed E-state index contributed by atoms with van der Waals surface area (Å²) in [5, 5.41) is 7.22. The molecule has 2 aromatic carbocycles. The second-order valence-corrected chi connectivity index (χ2v) is 5.78. The zero-order valence-corrected chi connectivity index (χ0v) is 13.7. The molecule has 0 aliphatic carbocycles. The van der Waals surface area contributed by atoms with Crippen LogP contribution in [-0.4, -0.2) is 11.7 Å². The summed E-state index contributed by atoms with van der Waals surface area (Å²) in [6.45, 7) is 7.18. The Bertz CT molecular complexity index is 621. The van der Waals surface area contributed by atoms with Crippen LogP contribution in [0.2, 0.25) is 0 Å². The molecule has 3 heteroatoms. The minimum absolute atomic E-state index is 0.678. The van der Waals surface area contributed by atoms with Gasteiger partial charge in [0.25, 0.3) is 0 Å². The molecule has 0 saturated heterocycles. The van der Waals surface area contributed by atoms with Crippen LogP contribution in [0.3, 0.4) is 0 Å². The number of hydrogen-bond acceptors (Lipinski definition) is 1. The Morgan fingerprint density at radius 1 is 0.952 bits per heavy atom. The zero-order valence-electron chi connectivity index (χ0n) is 12.9. The predicted molar refractivity (Wildman–Crippen MR) is 95.0 cm³/mol. The monoisotopic (exact) mass is 298 g/mol. The SMILES string of the molecule is Cc1cc(C)c(NC(=S)NCCc2ccccc2)cc1C. The van der Waals surface area contributed by atoms with Crippen LogP contribution >= 0.6 is 12.2 Å². The number of nitrogens with one attached hydrogen (secondary N) is 2. The molecule has 0 radical (unpaired) electrons. The minimum Gasteiger partial charge on any atom is -0.362 e. The van der Waals surface area contributed by atoms with Crippen LogP contribution in [0.25, 0.3) is 0 Å². The van der Waals surface area contributed by atoms with Gasteiger partial charge in [0, 0.05) is 12.2 Å². The maximum atomic E-state index is 5.36. The Labute approximate surface area is 132 Å². The smallest absolute Gasteiger partial charge is 0.170 e. The topological polar surface area (TPSA) is 24.1 Å². The average molecular weight is 298 g/mol. The van der Waals surface area contributed by atoms with E-state index in [1.165, 1.54) is 22.3 Å². The number of hydrogen-bond donors (Lipinski definition) is 2. The van der Waals surface area contributed by atoms with E-state index in [0.717, 1.165) is 18.7 Å². The Morgan fingerprint density at radius 2 is 1.62 bits per heavy atom. The molecule has 21 heavy (non-hydrogen) atoms. The molecule has 0 aliphatic heterocycles. The van der Waals surface area contributed by atoms with Gasteiger partial charge in [-0.25, -0.2) is 0 Å². The molecule has 0 heterocycles. The van der Waals surface area contributed by atoms with Crippen molar-refractivity contribution in [3.63, 3.8) is 0 Å². The van der Waals surface area contributed by atoms with Crippen LogP contribution < -0.4 is 10.6 Å². The Kier molecular flexibility index (Phi) is 5.34. The Balaban J connectivity index is 1.86. The molecule has 0 spiro atoms. The van der Waals surface area contributed by atoms with E-state index in [0.29, 0.717) is 5.11 Å². The van der Waals surface area contributed by atoms with Crippen LogP contribution in [0.15, 0.2) is 42.5 Å². The number of aryl methyl sites for hydroxylation is 3. The van der Waals surface area contributed by atoms with E-state index in [9.17, 15) is 0 Å². The largest absolute Gasteiger partial charge is 0.362 e. The van der Waals surface area contributed by atoms with Crippen molar-refractivity contribution < 1.29 is 0 Å². The first kappa shape index (κ1) is 15.5. The second kappa shape index (κ2) is 7.23. The van der Waals surface area contributed by atoms with Crippen molar-refractivity contribution in [3.8, 4) is 0 Å². The maximum absolute atomic E-state index is 5.36. The summed E-state index contributed by atoms with van der Waals surface area (Å²) in [6.07, 6.45) is 0.967. The summed E-state index contributed by atoms with van der Waals surface area (Å²) in [6, 6.07) is 14.7. The fourth-order valence-electron chi connectivity index (χ4n) is 2.23. The third kappa shape index (κ3) is 4.57. The highest BCUT2D eigenvalue weighted by Gasteiger charge is 2.03. The highest BCUT2D eigenvalue weighted by Crippen LogP contribution is 2.19. The maximum Gasteiger partial charge on any atom is 0.170 e. The van der Waals surface area contributed by atoms with Crippen LogP contribution in [0, 0.1) is 20.8 Å². The van der Waals surface area contributed by atoms with Crippen LogP contribution in [0.1, 0.15) is 22.3 Å². The highest BCUT2D eigenvalue weighted by molar-refractivity contribution is 7.80. The molecule has 2 N–H and O–H groups in total. The molecule has 0 amide bonds. The first-order valence-electron chi connectivity index (χ1n) is 7.23. The fraction of sp³-hybridized carbons (Fsp3) is 0.278. The van der Waals surface area contributed by atoms with Crippen LogP contribution in [-0.2, 0) is 6.42 Å². The van der Waals surface area contributed by atoms with Gasteiger partial charge in [-0.05, 0) is 67.7 Å². The molecule has 0 atom stereocenters. The van der Waals surface area contributed by atoms with Gasteiger partial charge in [-0.3, -0.25) is 0 Å². The van der Waals surface area contributed by atoms with Crippen molar-refractivity contribution in [2.24, 2.45) is 0 Å². The van der Waals surface area contributed by atoms with Gasteiger partial charge in [0.2, 0.25) is 0 Å². The van der Waals surface area contributed by atoms with Gasteiger partial charge < -0.3 is 10.6 Å². The van der Waals surface area contributed by atoms with Gasteiger partial charge >= 0.3 is 0 Å². The number of thiocarbonyl (C=S) groups is 1. The van der Waals surface area contributed by atoms with Gasteiger partial charge in [0.15, 0.2) is 5.11 Å². The van der Waals surface area contributed by atoms with E-state index < -0.39 is 0 Å². The van der Waals surface area contributed by atoms with Gasteiger partial charge in [-0.1, -0.05) is 36.4 Å². The average Bonchev–Trinajstić information content (AvgIpc) is 2.46. The Morgan fingerprint density at radius 3 is 2.33 bits per heavy atom. The predicted octanol–water partition coefficient (Wildman–Crippen LogP) is 4.14. The number of anilines is 1. The summed E-state index contributed by atoms with van der Waals surface area (Å²) in [4.78, 5) is 0. The molecule has 0 bridgehead atoms. The van der Waals surface area contributed by atoms with Crippen molar-refractivity contribution in [1.29, 1.82) is 0 Å². The lowest BCUT2D eigenvalue weighted by molar-refractivity contribution is 0.873. The van der Waals surface area contributed by atoms with Crippen LogP contribution in [0.4, 0.5) is 5.69 Å². The summed E-state index contributed by atoms with van der Waals surface area (Å²) in [5.74, 6) is 0. The molecule has 0 saturated carbocycles. The van der Waals surface area contributed by atoms with Crippen molar-refractivity contribution in [2.75, 3.05) is 11.9 Å². The highest BCUT2D eigenvalue weighted by atomic mass is 32.1. The van der Waals surface area contributed by atoms with E-state index in [1.807, 2.05) is 6.07 Å². The van der Waals surface area contributed by atoms with Gasteiger partial charge in [-0.2, -0.15) is 0 Å². The molecule has 2 nitrogen and oxygen atoms in total. The van der Waals surface area contributed by atoms with E-state index in [2.05, 4.69) is 67.8 Å². The van der Waals surface area contributed by atoms with E-state index in [-0.39, 0.29) is 0 Å². The normalized spacial score (nSPS) is 10.2. The summed E-state index contributed by atoms with van der Waals surface area (Å²) in [7, 11) is 0. The number of benzene rings is 2. The molecule has 0 aromatic heterocycles. The van der Waals surface area contributed by atoms with Crippen LogP contribution in [0.5, 0.6) is 0 Å². The molecule has 0 unspecified atom stereocenters. The van der Waals surface area contributed by atoms with Crippen molar-refractivity contribution in [1.82, 2.24) is 5.32 Å². The van der Waals surface area contributed by atoms with Gasteiger partial charge in [0.1, 0.15) is 0 Å². The fourth-order valence-corrected chi connectivity index (χ4v) is 2.44. The molecular formula is C18H22N2S. The lowest BCUT2D eigenvalue weighted by atomic mass is 10.1. The third-order valence-corrected chi connectivity index (χ3v) is 3.88. The molecule has 0 fully saturated rings.